The van der Waals surface area contributed by atoms with Crippen molar-refractivity contribution in [2.45, 2.75) is 51.6 Å². The summed E-state index contributed by atoms with van der Waals surface area (Å²) < 4.78 is 79.7. The summed E-state index contributed by atoms with van der Waals surface area (Å²) in [6.45, 7) is 5.01. The molecule has 0 bridgehead atoms. The normalized spacial score (nSPS) is 19.6. The van der Waals surface area contributed by atoms with E-state index in [1.54, 1.807) is 0 Å². The summed E-state index contributed by atoms with van der Waals surface area (Å²) in [5.41, 5.74) is 0.285. The van der Waals surface area contributed by atoms with Crippen LogP contribution in [0.25, 0.3) is 0 Å². The zero-order chi connectivity index (χ0) is 26.3. The highest BCUT2D eigenvalue weighted by molar-refractivity contribution is 6.33. The van der Waals surface area contributed by atoms with Gasteiger partial charge in [-0.3, -0.25) is 4.99 Å². The minimum atomic E-state index is -4.71. The van der Waals surface area contributed by atoms with Crippen LogP contribution < -0.4 is 9.80 Å². The minimum Gasteiger partial charge on any atom is -0.370 e. The van der Waals surface area contributed by atoms with Crippen LogP contribution in [0.4, 0.5) is 37.7 Å². The van der Waals surface area contributed by atoms with Gasteiger partial charge in [0.1, 0.15) is 6.17 Å². The molecule has 0 N–H and O–H groups in total. The first-order valence-electron chi connectivity index (χ1n) is 11.7. The molecule has 1 unspecified atom stereocenters. The maximum Gasteiger partial charge on any atom is 0.416 e. The Balaban J connectivity index is 1.45. The number of rotatable bonds is 4. The fraction of sp³-hybridized carbons (Fsp3) is 0.423. The number of hydrogen-bond donors (Lipinski definition) is 0. The molecule has 2 aliphatic rings. The predicted octanol–water partition coefficient (Wildman–Crippen LogP) is 7.98. The van der Waals surface area contributed by atoms with Crippen LogP contribution >= 0.6 is 11.6 Å². The molecule has 1 saturated heterocycles. The average Bonchev–Trinajstić information content (AvgIpc) is 2.78. The van der Waals surface area contributed by atoms with Gasteiger partial charge in [0.05, 0.1) is 21.8 Å². The number of halogens is 7. The number of anilines is 2. The van der Waals surface area contributed by atoms with E-state index in [4.69, 9.17) is 11.6 Å². The van der Waals surface area contributed by atoms with Gasteiger partial charge in [-0.05, 0) is 87.1 Å². The van der Waals surface area contributed by atoms with E-state index in [9.17, 15) is 26.3 Å². The zero-order valence-electron chi connectivity index (χ0n) is 19.8. The Morgan fingerprint density at radius 2 is 1.67 bits per heavy atom. The number of alkyl halides is 6. The molecule has 0 saturated carbocycles. The second-order valence-corrected chi connectivity index (χ2v) is 9.67. The van der Waals surface area contributed by atoms with Crippen LogP contribution in [-0.4, -0.2) is 25.0 Å². The van der Waals surface area contributed by atoms with Crippen molar-refractivity contribution in [3.63, 3.8) is 0 Å². The van der Waals surface area contributed by atoms with Crippen molar-refractivity contribution < 1.29 is 26.3 Å². The molecule has 0 radical (unpaired) electrons. The molecule has 3 nitrogen and oxygen atoms in total. The largest absolute Gasteiger partial charge is 0.416 e. The first kappa shape index (κ1) is 26.4. The highest BCUT2D eigenvalue weighted by Gasteiger charge is 2.37. The molecule has 2 aromatic carbocycles. The van der Waals surface area contributed by atoms with Crippen molar-refractivity contribution in [1.29, 1.82) is 0 Å². The van der Waals surface area contributed by atoms with E-state index in [-0.39, 0.29) is 24.1 Å². The second kappa shape index (κ2) is 10.00. The zero-order valence-corrected chi connectivity index (χ0v) is 20.6. The van der Waals surface area contributed by atoms with Gasteiger partial charge in [0.15, 0.2) is 0 Å². The maximum atomic E-state index is 13.5. The monoisotopic (exact) mass is 529 g/mol. The van der Waals surface area contributed by atoms with Gasteiger partial charge in [0, 0.05) is 30.7 Å². The molecule has 36 heavy (non-hydrogen) atoms. The fourth-order valence-corrected chi connectivity index (χ4v) is 5.13. The number of piperidine rings is 1. The molecule has 10 heteroatoms. The molecule has 0 amide bonds. The number of nitrogens with zero attached hydrogens (tertiary/aromatic N) is 3. The van der Waals surface area contributed by atoms with Crippen molar-refractivity contribution in [3.05, 3.63) is 70.4 Å². The van der Waals surface area contributed by atoms with Gasteiger partial charge in [-0.15, -0.1) is 0 Å². The molecular weight excluding hydrogens is 504 g/mol. The van der Waals surface area contributed by atoms with E-state index in [1.807, 2.05) is 49.2 Å². The van der Waals surface area contributed by atoms with Gasteiger partial charge >= 0.3 is 12.4 Å². The Labute approximate surface area is 211 Å². The molecule has 4 rings (SSSR count). The molecule has 0 aromatic heterocycles. The molecule has 2 aliphatic heterocycles. The van der Waals surface area contributed by atoms with Crippen LogP contribution in [0, 0.1) is 5.92 Å². The average molecular weight is 530 g/mol. The summed E-state index contributed by atoms with van der Waals surface area (Å²) in [4.78, 5) is 8.60. The topological polar surface area (TPSA) is 18.8 Å². The number of allylic oxidation sites excluding steroid dienone is 1. The third-order valence-electron chi connectivity index (χ3n) is 6.70. The van der Waals surface area contributed by atoms with E-state index in [2.05, 4.69) is 9.89 Å². The smallest absolute Gasteiger partial charge is 0.370 e. The van der Waals surface area contributed by atoms with Gasteiger partial charge in [-0.25, -0.2) is 0 Å². The van der Waals surface area contributed by atoms with Crippen molar-refractivity contribution in [2.75, 3.05) is 22.9 Å². The lowest BCUT2D eigenvalue weighted by molar-refractivity contribution is -0.141. The molecule has 1 fully saturated rings. The van der Waals surface area contributed by atoms with Gasteiger partial charge in [-0.1, -0.05) is 11.6 Å². The van der Waals surface area contributed by atoms with E-state index in [0.29, 0.717) is 49.2 Å². The van der Waals surface area contributed by atoms with Crippen molar-refractivity contribution in [1.82, 2.24) is 0 Å². The van der Waals surface area contributed by atoms with E-state index >= 15 is 0 Å². The number of benzene rings is 2. The van der Waals surface area contributed by atoms with E-state index in [0.717, 1.165) is 17.1 Å². The molecule has 0 aliphatic carbocycles. The summed E-state index contributed by atoms with van der Waals surface area (Å²) in [6, 6.07) is 7.40. The number of hydrogen-bond acceptors (Lipinski definition) is 3. The Bertz CT molecular complexity index is 1160. The molecule has 2 heterocycles. The van der Waals surface area contributed by atoms with Crippen LogP contribution in [0.5, 0.6) is 0 Å². The lowest BCUT2D eigenvalue weighted by atomic mass is 9.87. The minimum absolute atomic E-state index is 0.0572. The fourth-order valence-electron chi connectivity index (χ4n) is 4.83. The summed E-state index contributed by atoms with van der Waals surface area (Å²) in [5.74, 6) is -0.163. The number of aliphatic imine (C=N–C) groups is 1. The van der Waals surface area contributed by atoms with Crippen molar-refractivity contribution in [2.24, 2.45) is 10.9 Å². The third kappa shape index (κ3) is 5.82. The maximum absolute atomic E-state index is 13.5. The Kier molecular flexibility index (Phi) is 7.33. The predicted molar refractivity (Wildman–Crippen MR) is 131 cm³/mol. The highest BCUT2D eigenvalue weighted by Crippen LogP contribution is 2.39. The molecular formula is C26H26ClF6N3. The quantitative estimate of drug-likeness (QED) is 0.374. The molecule has 1 atom stereocenters. The van der Waals surface area contributed by atoms with E-state index < -0.39 is 23.5 Å². The van der Waals surface area contributed by atoms with Crippen LogP contribution in [0.3, 0.4) is 0 Å². The Morgan fingerprint density at radius 1 is 0.972 bits per heavy atom. The SMILES string of the molecule is CC1=NC(C)N(c2ccc(N3CCC(Cc4cc(C(F)(F)F)ccc4C(F)(F)F)CC3)c(Cl)c2)C=C1. The summed E-state index contributed by atoms with van der Waals surface area (Å²) in [6.07, 6.45) is -4.56. The summed E-state index contributed by atoms with van der Waals surface area (Å²) in [5, 5.41) is 0.551. The van der Waals surface area contributed by atoms with Crippen LogP contribution in [0.1, 0.15) is 43.4 Å². The Morgan fingerprint density at radius 3 is 2.25 bits per heavy atom. The first-order chi connectivity index (χ1) is 16.8. The highest BCUT2D eigenvalue weighted by atomic mass is 35.5. The molecule has 0 spiro atoms. The molecule has 194 valence electrons. The summed E-state index contributed by atoms with van der Waals surface area (Å²) >= 11 is 6.60. The lowest BCUT2D eigenvalue weighted by Crippen LogP contribution is -2.35. The molecule has 2 aromatic rings. The second-order valence-electron chi connectivity index (χ2n) is 9.26. The third-order valence-corrected chi connectivity index (χ3v) is 7.00. The van der Waals surface area contributed by atoms with Crippen LogP contribution in [0.15, 0.2) is 53.7 Å². The van der Waals surface area contributed by atoms with E-state index in [1.165, 1.54) is 0 Å². The van der Waals surface area contributed by atoms with Gasteiger partial charge in [-0.2, -0.15) is 26.3 Å². The van der Waals surface area contributed by atoms with Gasteiger partial charge in [0.2, 0.25) is 0 Å². The van der Waals surface area contributed by atoms with Gasteiger partial charge in [0.25, 0.3) is 0 Å². The summed E-state index contributed by atoms with van der Waals surface area (Å²) in [7, 11) is 0. The lowest BCUT2D eigenvalue weighted by Gasteiger charge is -2.35. The van der Waals surface area contributed by atoms with Crippen LogP contribution in [-0.2, 0) is 18.8 Å². The first-order valence-corrected chi connectivity index (χ1v) is 12.0. The Hall–Kier alpha value is -2.68. The standard InChI is InChI=1S/C26H26ClF6N3/c1-16-7-12-36(17(2)34-16)21-4-6-24(23(27)15-21)35-10-8-18(9-11-35)13-19-14-20(25(28,29)30)3-5-22(19)26(31,32)33/h3-7,12,14-15,17-18H,8-11,13H2,1-2H3. The van der Waals surface area contributed by atoms with Crippen molar-refractivity contribution in [3.8, 4) is 0 Å². The van der Waals surface area contributed by atoms with Crippen LogP contribution in [0.2, 0.25) is 5.02 Å². The van der Waals surface area contributed by atoms with Gasteiger partial charge < -0.3 is 9.80 Å². The van der Waals surface area contributed by atoms with Crippen molar-refractivity contribution >= 4 is 28.7 Å².